The molecule has 2 aromatic carbocycles. The van der Waals surface area contributed by atoms with Crippen LogP contribution in [-0.4, -0.2) is 14.4 Å². The maximum atomic E-state index is 6.95. The minimum atomic E-state index is -2.52. The number of hydrogen-bond acceptors (Lipinski definition) is 1. The second kappa shape index (κ2) is 8.34. The summed E-state index contributed by atoms with van der Waals surface area (Å²) in [6.45, 7) is 10.8. The molecule has 130 valence electrons. The fourth-order valence-electron chi connectivity index (χ4n) is 3.37. The summed E-state index contributed by atoms with van der Waals surface area (Å²) < 4.78 is 6.95. The summed E-state index contributed by atoms with van der Waals surface area (Å²) in [6, 6.07) is 21.3. The van der Waals surface area contributed by atoms with Crippen molar-refractivity contribution >= 4 is 18.7 Å². The van der Waals surface area contributed by atoms with E-state index in [0.29, 0.717) is 6.42 Å². The average Bonchev–Trinajstić information content (AvgIpc) is 2.62. The summed E-state index contributed by atoms with van der Waals surface area (Å²) in [5, 5.41) is 2.52. The van der Waals surface area contributed by atoms with E-state index in [9.17, 15) is 0 Å². The molecule has 0 amide bonds. The Morgan fingerprint density at radius 1 is 1.04 bits per heavy atom. The molecule has 0 aromatic heterocycles. The lowest BCUT2D eigenvalue weighted by atomic mass is 10.2. The van der Waals surface area contributed by atoms with Gasteiger partial charge in [-0.25, -0.2) is 0 Å². The molecule has 0 aliphatic carbocycles. The minimum Gasteiger partial charge on any atom is -0.401 e. The summed E-state index contributed by atoms with van der Waals surface area (Å²) in [7, 11) is -2.52. The predicted molar refractivity (Wildman–Crippen MR) is 111 cm³/mol. The lowest BCUT2D eigenvalue weighted by molar-refractivity contribution is 0.225. The smallest absolute Gasteiger partial charge is 0.261 e. The summed E-state index contributed by atoms with van der Waals surface area (Å²) in [5.41, 5.74) is 0. The van der Waals surface area contributed by atoms with Gasteiger partial charge in [0.1, 0.15) is 0 Å². The molecule has 0 heterocycles. The van der Waals surface area contributed by atoms with E-state index in [1.165, 1.54) is 10.4 Å². The van der Waals surface area contributed by atoms with E-state index in [0.717, 1.165) is 6.42 Å². The van der Waals surface area contributed by atoms with E-state index < -0.39 is 8.32 Å². The van der Waals surface area contributed by atoms with Crippen LogP contribution in [-0.2, 0) is 4.43 Å². The van der Waals surface area contributed by atoms with Gasteiger partial charge in [0.2, 0.25) is 0 Å². The van der Waals surface area contributed by atoms with E-state index in [1.807, 2.05) is 6.08 Å². The minimum absolute atomic E-state index is 0.0346. The highest BCUT2D eigenvalue weighted by Crippen LogP contribution is 2.38. The van der Waals surface area contributed by atoms with Crippen LogP contribution in [0.4, 0.5) is 0 Å². The van der Waals surface area contributed by atoms with Gasteiger partial charge in [0.15, 0.2) is 0 Å². The molecule has 0 saturated carbocycles. The standard InChI is InChI=1S/C23H28OSi/c1-6-8-15-20(7-2)24-25(23(3,4)5,21-16-11-9-12-17-21)22-18-13-10-14-19-22/h1,7,9-14,16-20H,2,8,15H2,3-5H3. The van der Waals surface area contributed by atoms with Crippen molar-refractivity contribution in [2.24, 2.45) is 0 Å². The van der Waals surface area contributed by atoms with Gasteiger partial charge in [-0.1, -0.05) is 87.5 Å². The number of hydrogen-bond donors (Lipinski definition) is 0. The molecule has 1 atom stereocenters. The normalized spacial score (nSPS) is 13.0. The van der Waals surface area contributed by atoms with E-state index in [-0.39, 0.29) is 11.1 Å². The first-order chi connectivity index (χ1) is 12.0. The van der Waals surface area contributed by atoms with Crippen LogP contribution in [0, 0.1) is 12.3 Å². The molecule has 0 saturated heterocycles. The first kappa shape index (κ1) is 19.2. The van der Waals surface area contributed by atoms with Crippen molar-refractivity contribution < 1.29 is 4.43 Å². The highest BCUT2D eigenvalue weighted by Gasteiger charge is 2.51. The molecule has 0 bridgehead atoms. The van der Waals surface area contributed by atoms with Gasteiger partial charge in [0.25, 0.3) is 8.32 Å². The number of benzene rings is 2. The first-order valence-corrected chi connectivity index (χ1v) is 10.7. The van der Waals surface area contributed by atoms with Crippen LogP contribution in [0.2, 0.25) is 5.04 Å². The van der Waals surface area contributed by atoms with E-state index in [4.69, 9.17) is 10.8 Å². The molecular weight excluding hydrogens is 320 g/mol. The molecule has 2 aromatic rings. The zero-order valence-electron chi connectivity index (χ0n) is 15.5. The largest absolute Gasteiger partial charge is 0.401 e. The Kier molecular flexibility index (Phi) is 6.42. The first-order valence-electron chi connectivity index (χ1n) is 8.80. The molecule has 0 aliphatic heterocycles. The maximum absolute atomic E-state index is 6.95. The lowest BCUT2D eigenvalue weighted by Gasteiger charge is -2.44. The van der Waals surface area contributed by atoms with Gasteiger partial charge >= 0.3 is 0 Å². The Morgan fingerprint density at radius 2 is 1.52 bits per heavy atom. The van der Waals surface area contributed by atoms with Gasteiger partial charge in [0, 0.05) is 6.42 Å². The molecule has 0 spiro atoms. The van der Waals surface area contributed by atoms with Crippen LogP contribution in [0.3, 0.4) is 0 Å². The van der Waals surface area contributed by atoms with Crippen molar-refractivity contribution in [3.8, 4) is 12.3 Å². The van der Waals surface area contributed by atoms with Gasteiger partial charge in [-0.3, -0.25) is 0 Å². The third-order valence-corrected chi connectivity index (χ3v) is 9.64. The Hall–Kier alpha value is -2.08. The van der Waals surface area contributed by atoms with Crippen LogP contribution in [0.5, 0.6) is 0 Å². The molecule has 2 rings (SSSR count). The fourth-order valence-corrected chi connectivity index (χ4v) is 8.05. The van der Waals surface area contributed by atoms with Crippen LogP contribution >= 0.6 is 0 Å². The lowest BCUT2D eigenvalue weighted by Crippen LogP contribution is -2.67. The van der Waals surface area contributed by atoms with E-state index in [2.05, 4.69) is 93.9 Å². The Bertz CT molecular complexity index is 668. The van der Waals surface area contributed by atoms with Crippen LogP contribution in [0.1, 0.15) is 33.6 Å². The Labute approximate surface area is 153 Å². The quantitative estimate of drug-likeness (QED) is 0.406. The van der Waals surface area contributed by atoms with Crippen LogP contribution in [0.15, 0.2) is 73.3 Å². The van der Waals surface area contributed by atoms with Crippen molar-refractivity contribution in [1.82, 2.24) is 0 Å². The molecular formula is C23H28OSi. The highest BCUT2D eigenvalue weighted by molar-refractivity contribution is 6.99. The third kappa shape index (κ3) is 4.12. The number of rotatable bonds is 7. The molecule has 0 fully saturated rings. The second-order valence-corrected chi connectivity index (χ2v) is 11.6. The SMILES string of the molecule is C#CCCC(C=C)O[Si](c1ccccc1)(c1ccccc1)C(C)(C)C. The van der Waals surface area contributed by atoms with Crippen LogP contribution < -0.4 is 10.4 Å². The van der Waals surface area contributed by atoms with Gasteiger partial charge in [-0.05, 0) is 21.8 Å². The Balaban J connectivity index is 2.64. The highest BCUT2D eigenvalue weighted by atomic mass is 28.4. The second-order valence-electron chi connectivity index (χ2n) is 7.30. The van der Waals surface area contributed by atoms with Crippen molar-refractivity contribution in [2.45, 2.75) is 44.8 Å². The molecule has 1 unspecified atom stereocenters. The van der Waals surface area contributed by atoms with Crippen molar-refractivity contribution in [1.29, 1.82) is 0 Å². The topological polar surface area (TPSA) is 9.23 Å². The summed E-state index contributed by atoms with van der Waals surface area (Å²) in [6.07, 6.45) is 8.81. The molecule has 0 radical (unpaired) electrons. The van der Waals surface area contributed by atoms with Crippen molar-refractivity contribution in [3.05, 3.63) is 73.3 Å². The summed E-state index contributed by atoms with van der Waals surface area (Å²) in [5.74, 6) is 2.72. The van der Waals surface area contributed by atoms with Crippen LogP contribution in [0.25, 0.3) is 0 Å². The van der Waals surface area contributed by atoms with Gasteiger partial charge in [-0.2, -0.15) is 0 Å². The average molecular weight is 349 g/mol. The maximum Gasteiger partial charge on any atom is 0.261 e. The van der Waals surface area contributed by atoms with E-state index in [1.54, 1.807) is 0 Å². The van der Waals surface area contributed by atoms with Crippen molar-refractivity contribution in [3.63, 3.8) is 0 Å². The predicted octanol–water partition coefficient (Wildman–Crippen LogP) is 4.53. The van der Waals surface area contributed by atoms with E-state index >= 15 is 0 Å². The molecule has 1 nitrogen and oxygen atoms in total. The van der Waals surface area contributed by atoms with Gasteiger partial charge in [0.05, 0.1) is 6.10 Å². The summed E-state index contributed by atoms with van der Waals surface area (Å²) >= 11 is 0. The number of terminal acetylenes is 1. The molecule has 0 aliphatic rings. The zero-order chi connectivity index (χ0) is 18.3. The fraction of sp³-hybridized carbons (Fsp3) is 0.304. The monoisotopic (exact) mass is 348 g/mol. The zero-order valence-corrected chi connectivity index (χ0v) is 16.5. The van der Waals surface area contributed by atoms with Crippen molar-refractivity contribution in [2.75, 3.05) is 0 Å². The molecule has 0 N–H and O–H groups in total. The summed E-state index contributed by atoms with van der Waals surface area (Å²) in [4.78, 5) is 0. The Morgan fingerprint density at radius 3 is 1.88 bits per heavy atom. The molecule has 25 heavy (non-hydrogen) atoms. The molecule has 2 heteroatoms. The van der Waals surface area contributed by atoms with Gasteiger partial charge in [-0.15, -0.1) is 18.9 Å². The van der Waals surface area contributed by atoms with Gasteiger partial charge < -0.3 is 4.43 Å². The third-order valence-electron chi connectivity index (χ3n) is 4.58.